The number of benzene rings is 1. The average Bonchev–Trinajstić information content (AvgIpc) is 2.66. The van der Waals surface area contributed by atoms with E-state index in [-0.39, 0.29) is 18.5 Å². The van der Waals surface area contributed by atoms with E-state index < -0.39 is 0 Å². The largest absolute Gasteiger partial charge is 0.394 e. The average molecular weight is 395 g/mol. The zero-order valence-electron chi connectivity index (χ0n) is 9.16. The van der Waals surface area contributed by atoms with E-state index in [2.05, 4.69) is 37.2 Å². The third-order valence-corrected chi connectivity index (χ3v) is 5.73. The first-order chi connectivity index (χ1) is 8.60. The number of anilines is 1. The van der Waals surface area contributed by atoms with Crippen LogP contribution in [0.25, 0.3) is 0 Å². The lowest BCUT2D eigenvalue weighted by Gasteiger charge is -2.16. The highest BCUT2D eigenvalue weighted by Gasteiger charge is 2.15. The van der Waals surface area contributed by atoms with Crippen molar-refractivity contribution in [1.29, 1.82) is 0 Å². The van der Waals surface area contributed by atoms with Crippen LogP contribution in [0.2, 0.25) is 0 Å². The van der Waals surface area contributed by atoms with E-state index in [0.717, 1.165) is 13.1 Å². The number of aliphatic hydroxyl groups is 1. The fourth-order valence-corrected chi connectivity index (χ4v) is 3.65. The lowest BCUT2D eigenvalue weighted by Crippen LogP contribution is -2.13. The fourth-order valence-electron chi connectivity index (χ4n) is 1.52. The van der Waals surface area contributed by atoms with E-state index in [9.17, 15) is 9.50 Å². The van der Waals surface area contributed by atoms with Crippen molar-refractivity contribution in [3.63, 3.8) is 0 Å². The monoisotopic (exact) mass is 393 g/mol. The third-order valence-electron chi connectivity index (χ3n) is 2.36. The van der Waals surface area contributed by atoms with Crippen molar-refractivity contribution in [3.8, 4) is 0 Å². The van der Waals surface area contributed by atoms with Gasteiger partial charge in [-0.25, -0.2) is 4.39 Å². The van der Waals surface area contributed by atoms with Gasteiger partial charge in [0.2, 0.25) is 0 Å². The number of aliphatic hydroxyl groups excluding tert-OH is 1. The zero-order valence-corrected chi connectivity index (χ0v) is 13.1. The Kier molecular flexibility index (Phi) is 4.77. The standard InChI is InChI=1S/C12H10Br2FNOS/c13-9-5-11(18-12(9)14)10(6-17)16-8-3-1-2-7(15)4-8/h1-5,10,16-17H,6H2. The predicted octanol–water partition coefficient (Wildman–Crippen LogP) is 4.56. The van der Waals surface area contributed by atoms with E-state index in [1.54, 1.807) is 12.1 Å². The molecule has 1 aromatic carbocycles. The first kappa shape index (κ1) is 14.0. The summed E-state index contributed by atoms with van der Waals surface area (Å²) in [5.41, 5.74) is 0.648. The van der Waals surface area contributed by atoms with Crippen LogP contribution >= 0.6 is 43.2 Å². The van der Waals surface area contributed by atoms with Gasteiger partial charge in [0.1, 0.15) is 5.82 Å². The first-order valence-corrected chi connectivity index (χ1v) is 7.58. The van der Waals surface area contributed by atoms with Gasteiger partial charge in [-0.15, -0.1) is 11.3 Å². The van der Waals surface area contributed by atoms with E-state index in [1.807, 2.05) is 6.07 Å². The number of nitrogens with one attached hydrogen (secondary N) is 1. The van der Waals surface area contributed by atoms with Crippen LogP contribution in [0.15, 0.2) is 38.6 Å². The summed E-state index contributed by atoms with van der Waals surface area (Å²) in [5.74, 6) is -0.301. The molecule has 1 atom stereocenters. The Hall–Kier alpha value is -0.430. The maximum Gasteiger partial charge on any atom is 0.125 e. The molecule has 0 bridgehead atoms. The smallest absolute Gasteiger partial charge is 0.125 e. The van der Waals surface area contributed by atoms with Gasteiger partial charge in [0.05, 0.1) is 16.4 Å². The summed E-state index contributed by atoms with van der Waals surface area (Å²) in [5, 5.41) is 12.5. The number of rotatable bonds is 4. The van der Waals surface area contributed by atoms with Gasteiger partial charge in [0.15, 0.2) is 0 Å². The molecule has 2 N–H and O–H groups in total. The number of hydrogen-bond donors (Lipinski definition) is 2. The van der Waals surface area contributed by atoms with Gasteiger partial charge in [-0.2, -0.15) is 0 Å². The minimum Gasteiger partial charge on any atom is -0.394 e. The minimum absolute atomic E-state index is 0.0596. The Labute approximate surface area is 125 Å². The van der Waals surface area contributed by atoms with E-state index in [4.69, 9.17) is 0 Å². The molecule has 2 nitrogen and oxygen atoms in total. The predicted molar refractivity (Wildman–Crippen MR) is 79.6 cm³/mol. The SMILES string of the molecule is OCC(Nc1cccc(F)c1)c1cc(Br)c(Br)s1. The van der Waals surface area contributed by atoms with Gasteiger partial charge < -0.3 is 10.4 Å². The molecule has 0 aliphatic rings. The zero-order chi connectivity index (χ0) is 13.1. The molecule has 0 saturated carbocycles. The third kappa shape index (κ3) is 3.32. The minimum atomic E-state index is -0.301. The summed E-state index contributed by atoms with van der Waals surface area (Å²) < 4.78 is 15.0. The summed E-state index contributed by atoms with van der Waals surface area (Å²) in [4.78, 5) is 0.973. The van der Waals surface area contributed by atoms with Gasteiger partial charge in [-0.3, -0.25) is 0 Å². The Balaban J connectivity index is 2.19. The molecule has 2 aromatic rings. The Morgan fingerprint density at radius 1 is 1.33 bits per heavy atom. The summed E-state index contributed by atoms with van der Waals surface area (Å²) >= 11 is 8.34. The molecule has 1 aromatic heterocycles. The van der Waals surface area contributed by atoms with Gasteiger partial charge in [-0.05, 0) is 56.1 Å². The molecule has 0 radical (unpaired) electrons. The number of hydrogen-bond acceptors (Lipinski definition) is 3. The molecule has 0 spiro atoms. The summed E-state index contributed by atoms with van der Waals surface area (Å²) in [6.07, 6.45) is 0. The van der Waals surface area contributed by atoms with E-state index >= 15 is 0 Å². The highest BCUT2D eigenvalue weighted by Crippen LogP contribution is 2.36. The Bertz CT molecular complexity index is 527. The van der Waals surface area contributed by atoms with Crippen LogP contribution in [0.5, 0.6) is 0 Å². The molecule has 0 aliphatic heterocycles. The molecular formula is C12H10Br2FNOS. The lowest BCUT2D eigenvalue weighted by molar-refractivity contribution is 0.277. The molecule has 1 heterocycles. The highest BCUT2D eigenvalue weighted by molar-refractivity contribution is 9.13. The van der Waals surface area contributed by atoms with Crippen LogP contribution in [-0.4, -0.2) is 11.7 Å². The van der Waals surface area contributed by atoms with Crippen LogP contribution in [0, 0.1) is 5.82 Å². The Morgan fingerprint density at radius 3 is 2.67 bits per heavy atom. The van der Waals surface area contributed by atoms with Crippen molar-refractivity contribution in [2.24, 2.45) is 0 Å². The van der Waals surface area contributed by atoms with Gasteiger partial charge in [0, 0.05) is 15.0 Å². The summed E-state index contributed by atoms with van der Waals surface area (Å²) in [6.45, 7) is -0.0596. The second-order valence-corrected chi connectivity index (χ2v) is 6.92. The Morgan fingerprint density at radius 2 is 2.11 bits per heavy atom. The van der Waals surface area contributed by atoms with Crippen LogP contribution in [-0.2, 0) is 0 Å². The van der Waals surface area contributed by atoms with Gasteiger partial charge in [0.25, 0.3) is 0 Å². The summed E-state index contributed by atoms with van der Waals surface area (Å²) in [7, 11) is 0. The van der Waals surface area contributed by atoms with Crippen LogP contribution in [0.1, 0.15) is 10.9 Å². The van der Waals surface area contributed by atoms with Crippen molar-refractivity contribution in [2.45, 2.75) is 6.04 Å². The van der Waals surface area contributed by atoms with Gasteiger partial charge >= 0.3 is 0 Å². The number of halogens is 3. The topological polar surface area (TPSA) is 32.3 Å². The fraction of sp³-hybridized carbons (Fsp3) is 0.167. The van der Waals surface area contributed by atoms with Crippen LogP contribution in [0.3, 0.4) is 0 Å². The van der Waals surface area contributed by atoms with Crippen molar-refractivity contribution < 1.29 is 9.50 Å². The normalized spacial score (nSPS) is 12.4. The lowest BCUT2D eigenvalue weighted by atomic mass is 10.2. The summed E-state index contributed by atoms with van der Waals surface area (Å²) in [6, 6.07) is 7.87. The molecule has 6 heteroatoms. The molecule has 0 aliphatic carbocycles. The van der Waals surface area contributed by atoms with Crippen LogP contribution < -0.4 is 5.32 Å². The molecule has 0 amide bonds. The number of thiophene rings is 1. The van der Waals surface area contributed by atoms with Gasteiger partial charge in [-0.1, -0.05) is 6.07 Å². The second kappa shape index (κ2) is 6.14. The van der Waals surface area contributed by atoms with Crippen molar-refractivity contribution >= 4 is 48.9 Å². The quantitative estimate of drug-likeness (QED) is 0.796. The molecule has 1 unspecified atom stereocenters. The highest BCUT2D eigenvalue weighted by atomic mass is 79.9. The van der Waals surface area contributed by atoms with E-state index in [1.165, 1.54) is 23.5 Å². The second-order valence-electron chi connectivity index (χ2n) is 3.66. The molecule has 18 heavy (non-hydrogen) atoms. The first-order valence-electron chi connectivity index (χ1n) is 5.18. The van der Waals surface area contributed by atoms with Crippen molar-refractivity contribution in [1.82, 2.24) is 0 Å². The van der Waals surface area contributed by atoms with Crippen molar-refractivity contribution in [2.75, 3.05) is 11.9 Å². The maximum absolute atomic E-state index is 13.1. The van der Waals surface area contributed by atoms with Crippen molar-refractivity contribution in [3.05, 3.63) is 49.3 Å². The molecule has 96 valence electrons. The molecule has 0 fully saturated rings. The molecule has 2 rings (SSSR count). The van der Waals surface area contributed by atoms with Crippen LogP contribution in [0.4, 0.5) is 10.1 Å². The maximum atomic E-state index is 13.1. The molecule has 0 saturated heterocycles. The molecular weight excluding hydrogens is 385 g/mol. The van der Waals surface area contributed by atoms with E-state index in [0.29, 0.717) is 5.69 Å².